The Hall–Kier alpha value is -4.01. The number of hydrogen-bond acceptors (Lipinski definition) is 6. The van der Waals surface area contributed by atoms with Gasteiger partial charge < -0.3 is 15.6 Å². The van der Waals surface area contributed by atoms with Gasteiger partial charge in [-0.25, -0.2) is 9.48 Å². The number of amides is 2. The van der Waals surface area contributed by atoms with Crippen molar-refractivity contribution in [1.29, 1.82) is 0 Å². The molecule has 0 saturated carbocycles. The summed E-state index contributed by atoms with van der Waals surface area (Å²) in [6, 6.07) is 15.4. The van der Waals surface area contributed by atoms with Gasteiger partial charge in [0.25, 0.3) is 11.4 Å². The lowest BCUT2D eigenvalue weighted by atomic mass is 10.1. The largest absolute Gasteiger partial charge is 0.352 e. The van der Waals surface area contributed by atoms with Gasteiger partial charge in [0.15, 0.2) is 11.5 Å². The first-order valence-corrected chi connectivity index (χ1v) is 8.96. The summed E-state index contributed by atoms with van der Waals surface area (Å²) in [6.45, 7) is 1.99. The Morgan fingerprint density at radius 2 is 1.83 bits per heavy atom. The van der Waals surface area contributed by atoms with E-state index in [9.17, 15) is 9.59 Å². The Morgan fingerprint density at radius 1 is 1.14 bits per heavy atom. The maximum Gasteiger partial charge on any atom is 0.312 e. The zero-order chi connectivity index (χ0) is 20.4. The molecule has 9 heteroatoms. The predicted molar refractivity (Wildman–Crippen MR) is 106 cm³/mol. The maximum absolute atomic E-state index is 12.9. The van der Waals surface area contributed by atoms with Crippen molar-refractivity contribution in [3.63, 3.8) is 0 Å². The van der Waals surface area contributed by atoms with E-state index in [1.165, 1.54) is 4.68 Å². The van der Waals surface area contributed by atoms with Gasteiger partial charge in [0, 0.05) is 5.39 Å². The van der Waals surface area contributed by atoms with Gasteiger partial charge in [0.05, 0.1) is 18.0 Å². The minimum atomic E-state index is -0.691. The van der Waals surface area contributed by atoms with Crippen LogP contribution in [-0.4, -0.2) is 26.0 Å². The van der Waals surface area contributed by atoms with Crippen molar-refractivity contribution in [2.24, 2.45) is 5.73 Å². The number of benzene rings is 2. The van der Waals surface area contributed by atoms with Crippen LogP contribution in [0.3, 0.4) is 0 Å². The van der Waals surface area contributed by atoms with Crippen LogP contribution in [-0.2, 0) is 6.54 Å². The summed E-state index contributed by atoms with van der Waals surface area (Å²) in [6.07, 6.45) is 0. The molecule has 2 aromatic heterocycles. The first-order chi connectivity index (χ1) is 14.0. The molecule has 0 aliphatic carbocycles. The Kier molecular flexibility index (Phi) is 4.78. The normalized spacial score (nSPS) is 12.0. The van der Waals surface area contributed by atoms with Crippen LogP contribution in [0.15, 0.2) is 63.9 Å². The third-order valence-corrected chi connectivity index (χ3v) is 4.43. The quantitative estimate of drug-likeness (QED) is 0.538. The van der Waals surface area contributed by atoms with E-state index in [2.05, 4.69) is 20.6 Å². The second-order valence-electron chi connectivity index (χ2n) is 6.53. The molecule has 9 nitrogen and oxygen atoms in total. The van der Waals surface area contributed by atoms with Gasteiger partial charge in [0.1, 0.15) is 0 Å². The monoisotopic (exact) mass is 390 g/mol. The predicted octanol–water partition coefficient (Wildman–Crippen LogP) is 2.22. The lowest BCUT2D eigenvalue weighted by Gasteiger charge is -2.09. The zero-order valence-corrected chi connectivity index (χ0v) is 15.6. The number of nitrogens with zero attached hydrogens (tertiary/aromatic N) is 4. The molecule has 1 unspecified atom stereocenters. The Bertz CT molecular complexity index is 1230. The minimum absolute atomic E-state index is 0.149. The van der Waals surface area contributed by atoms with E-state index in [1.807, 2.05) is 36.4 Å². The van der Waals surface area contributed by atoms with Crippen LogP contribution in [0, 0.1) is 0 Å². The lowest BCUT2D eigenvalue weighted by molar-refractivity contribution is 0.245. The summed E-state index contributed by atoms with van der Waals surface area (Å²) in [4.78, 5) is 28.3. The standard InChI is InChI=1S/C20H18N6O3/c1-12(22-20(21)28)17-23-18(29-25-17)16-14-9-5-6-10-15(14)19(27)26(24-16)11-13-7-3-2-4-8-13/h2-10,12H,11H2,1H3,(H3,21,22,28). The van der Waals surface area contributed by atoms with Gasteiger partial charge in [-0.1, -0.05) is 53.7 Å². The summed E-state index contributed by atoms with van der Waals surface area (Å²) in [5.41, 5.74) is 6.26. The number of carbonyl (C=O) groups excluding carboxylic acids is 1. The van der Waals surface area contributed by atoms with Crippen LogP contribution in [0.5, 0.6) is 0 Å². The number of nitrogens with two attached hydrogens (primary N) is 1. The molecule has 29 heavy (non-hydrogen) atoms. The number of primary amides is 1. The molecule has 4 aromatic rings. The molecule has 146 valence electrons. The smallest absolute Gasteiger partial charge is 0.312 e. The van der Waals surface area contributed by atoms with E-state index < -0.39 is 12.1 Å². The van der Waals surface area contributed by atoms with E-state index in [-0.39, 0.29) is 17.3 Å². The van der Waals surface area contributed by atoms with Crippen molar-refractivity contribution >= 4 is 16.8 Å². The summed E-state index contributed by atoms with van der Waals surface area (Å²) in [7, 11) is 0. The third kappa shape index (κ3) is 3.70. The van der Waals surface area contributed by atoms with Gasteiger partial charge in [0.2, 0.25) is 0 Å². The molecule has 0 fully saturated rings. The van der Waals surface area contributed by atoms with E-state index in [0.717, 1.165) is 5.56 Å². The number of fused-ring (bicyclic) bond motifs is 1. The molecule has 2 heterocycles. The highest BCUT2D eigenvalue weighted by Crippen LogP contribution is 2.24. The van der Waals surface area contributed by atoms with Crippen molar-refractivity contribution in [1.82, 2.24) is 25.2 Å². The number of carbonyl (C=O) groups is 1. The summed E-state index contributed by atoms with van der Waals surface area (Å²) >= 11 is 0. The number of aromatic nitrogens is 4. The zero-order valence-electron chi connectivity index (χ0n) is 15.6. The molecule has 0 spiro atoms. The second kappa shape index (κ2) is 7.55. The van der Waals surface area contributed by atoms with Crippen molar-refractivity contribution in [3.05, 3.63) is 76.3 Å². The maximum atomic E-state index is 12.9. The fourth-order valence-corrected chi connectivity index (χ4v) is 3.04. The topological polar surface area (TPSA) is 129 Å². The van der Waals surface area contributed by atoms with Gasteiger partial charge in [-0.3, -0.25) is 4.79 Å². The molecule has 2 amide bonds. The van der Waals surface area contributed by atoms with Crippen LogP contribution < -0.4 is 16.6 Å². The summed E-state index contributed by atoms with van der Waals surface area (Å²) < 4.78 is 6.75. The van der Waals surface area contributed by atoms with Gasteiger partial charge in [-0.2, -0.15) is 10.1 Å². The molecule has 4 rings (SSSR count). The molecule has 1 atom stereocenters. The average molecular weight is 390 g/mol. The number of nitrogens with one attached hydrogen (secondary N) is 1. The van der Waals surface area contributed by atoms with E-state index >= 15 is 0 Å². The van der Waals surface area contributed by atoms with E-state index in [0.29, 0.717) is 23.0 Å². The van der Waals surface area contributed by atoms with Crippen molar-refractivity contribution < 1.29 is 9.32 Å². The average Bonchev–Trinajstić information content (AvgIpc) is 3.21. The van der Waals surface area contributed by atoms with E-state index in [4.69, 9.17) is 10.3 Å². The molecule has 3 N–H and O–H groups in total. The Labute approximate surface area is 165 Å². The van der Waals surface area contributed by atoms with Gasteiger partial charge in [-0.15, -0.1) is 0 Å². The highest BCUT2D eigenvalue weighted by atomic mass is 16.5. The van der Waals surface area contributed by atoms with E-state index in [1.54, 1.807) is 25.1 Å². The van der Waals surface area contributed by atoms with Crippen molar-refractivity contribution in [2.75, 3.05) is 0 Å². The molecule has 0 aliphatic heterocycles. The van der Waals surface area contributed by atoms with Crippen LogP contribution in [0.25, 0.3) is 22.4 Å². The van der Waals surface area contributed by atoms with Crippen LogP contribution >= 0.6 is 0 Å². The number of rotatable bonds is 5. The number of urea groups is 1. The Balaban J connectivity index is 1.82. The molecule has 0 saturated heterocycles. The van der Waals surface area contributed by atoms with Crippen molar-refractivity contribution in [2.45, 2.75) is 19.5 Å². The summed E-state index contributed by atoms with van der Waals surface area (Å²) in [5.74, 6) is 0.404. The highest BCUT2D eigenvalue weighted by molar-refractivity contribution is 5.91. The first-order valence-electron chi connectivity index (χ1n) is 8.96. The third-order valence-electron chi connectivity index (χ3n) is 4.43. The molecular weight excluding hydrogens is 372 g/mol. The van der Waals surface area contributed by atoms with Crippen molar-refractivity contribution in [3.8, 4) is 11.6 Å². The number of hydrogen-bond donors (Lipinski definition) is 2. The van der Waals surface area contributed by atoms with Crippen LogP contribution in [0.4, 0.5) is 4.79 Å². The summed E-state index contributed by atoms with van der Waals surface area (Å²) in [5, 5.41) is 12.0. The molecule has 2 aromatic carbocycles. The fourth-order valence-electron chi connectivity index (χ4n) is 3.04. The molecule has 0 radical (unpaired) electrons. The molecular formula is C20H18N6O3. The lowest BCUT2D eigenvalue weighted by Crippen LogP contribution is -2.32. The molecule has 0 aliphatic rings. The SMILES string of the molecule is CC(NC(N)=O)c1noc(-c2nn(Cc3ccccc3)c(=O)c3ccccc23)n1. The Morgan fingerprint density at radius 3 is 2.55 bits per heavy atom. The second-order valence-corrected chi connectivity index (χ2v) is 6.53. The minimum Gasteiger partial charge on any atom is -0.352 e. The van der Waals surface area contributed by atoms with Crippen LogP contribution in [0.2, 0.25) is 0 Å². The highest BCUT2D eigenvalue weighted by Gasteiger charge is 2.20. The van der Waals surface area contributed by atoms with Crippen LogP contribution in [0.1, 0.15) is 24.4 Å². The molecule has 0 bridgehead atoms. The van der Waals surface area contributed by atoms with Gasteiger partial charge in [-0.05, 0) is 18.6 Å². The fraction of sp³-hybridized carbons (Fsp3) is 0.150. The first kappa shape index (κ1) is 18.4. The van der Waals surface area contributed by atoms with Gasteiger partial charge >= 0.3 is 6.03 Å².